The molecule has 1 saturated carbocycles. The Labute approximate surface area is 185 Å². The molecule has 2 aliphatic rings. The normalized spacial score (nSPS) is 22.3. The quantitative estimate of drug-likeness (QED) is 0.767. The van der Waals surface area contributed by atoms with Crippen LogP contribution in [-0.4, -0.2) is 40.8 Å². The Bertz CT molecular complexity index is 915. The Balaban J connectivity index is 1.49. The maximum Gasteiger partial charge on any atom is 0.226 e. The molecule has 5 heteroatoms. The van der Waals surface area contributed by atoms with Crippen LogP contribution in [0, 0.1) is 17.3 Å². The van der Waals surface area contributed by atoms with Crippen LogP contribution >= 0.6 is 0 Å². The second kappa shape index (κ2) is 8.81. The molecule has 0 bridgehead atoms. The van der Waals surface area contributed by atoms with Crippen LogP contribution in [-0.2, 0) is 16.0 Å². The minimum atomic E-state index is -0.464. The van der Waals surface area contributed by atoms with E-state index in [1.807, 2.05) is 30.9 Å². The summed E-state index contributed by atoms with van der Waals surface area (Å²) < 4.78 is 0. The number of pyridine rings is 1. The maximum absolute atomic E-state index is 13.3. The number of hydrogen-bond donors (Lipinski definition) is 1. The third-order valence-corrected chi connectivity index (χ3v) is 6.87. The number of benzene rings is 1. The number of rotatable bonds is 6. The van der Waals surface area contributed by atoms with Gasteiger partial charge in [0.2, 0.25) is 11.8 Å². The van der Waals surface area contributed by atoms with E-state index in [4.69, 9.17) is 0 Å². The Morgan fingerprint density at radius 3 is 2.19 bits per heavy atom. The van der Waals surface area contributed by atoms with Crippen LogP contribution in [0.5, 0.6) is 0 Å². The molecular weight excluding hydrogens is 386 g/mol. The van der Waals surface area contributed by atoms with E-state index in [-0.39, 0.29) is 23.8 Å². The number of nitrogens with one attached hydrogen (secondary N) is 1. The van der Waals surface area contributed by atoms with Crippen molar-refractivity contribution in [1.29, 1.82) is 0 Å². The molecule has 2 aromatic rings. The van der Waals surface area contributed by atoms with Gasteiger partial charge in [-0.05, 0) is 74.3 Å². The first-order chi connectivity index (χ1) is 14.9. The fourth-order valence-corrected chi connectivity index (χ4v) is 4.71. The number of carbonyl (C=O) groups is 2. The van der Waals surface area contributed by atoms with E-state index in [0.29, 0.717) is 38.3 Å². The number of hydrogen-bond acceptors (Lipinski definition) is 3. The molecule has 0 radical (unpaired) electrons. The smallest absolute Gasteiger partial charge is 0.226 e. The van der Waals surface area contributed by atoms with Gasteiger partial charge < -0.3 is 10.2 Å². The second-order valence-corrected chi connectivity index (χ2v) is 9.66. The van der Waals surface area contributed by atoms with Crippen molar-refractivity contribution in [2.24, 2.45) is 17.3 Å². The third-order valence-electron chi connectivity index (χ3n) is 6.87. The molecule has 1 saturated heterocycles. The van der Waals surface area contributed by atoms with Crippen molar-refractivity contribution in [1.82, 2.24) is 15.2 Å². The van der Waals surface area contributed by atoms with E-state index in [1.165, 1.54) is 0 Å². The van der Waals surface area contributed by atoms with Gasteiger partial charge >= 0.3 is 0 Å². The predicted molar refractivity (Wildman–Crippen MR) is 122 cm³/mol. The van der Waals surface area contributed by atoms with Crippen LogP contribution in [0.15, 0.2) is 48.8 Å². The van der Waals surface area contributed by atoms with Gasteiger partial charge in [0.1, 0.15) is 0 Å². The van der Waals surface area contributed by atoms with Crippen molar-refractivity contribution in [3.05, 3.63) is 54.4 Å². The molecule has 31 heavy (non-hydrogen) atoms. The van der Waals surface area contributed by atoms with Crippen LogP contribution in [0.4, 0.5) is 0 Å². The molecule has 2 amide bonds. The van der Waals surface area contributed by atoms with Crippen molar-refractivity contribution in [3.63, 3.8) is 0 Å². The molecule has 0 unspecified atom stereocenters. The summed E-state index contributed by atoms with van der Waals surface area (Å²) in [5.41, 5.74) is 2.97. The molecule has 0 spiro atoms. The predicted octanol–water partition coefficient (Wildman–Crippen LogP) is 4.08. The topological polar surface area (TPSA) is 62.3 Å². The zero-order chi connectivity index (χ0) is 22.0. The third kappa shape index (κ3) is 4.81. The number of nitrogens with zero attached hydrogens (tertiary/aromatic N) is 2. The summed E-state index contributed by atoms with van der Waals surface area (Å²) in [6.07, 6.45) is 6.73. The summed E-state index contributed by atoms with van der Waals surface area (Å²) >= 11 is 0. The van der Waals surface area contributed by atoms with Crippen molar-refractivity contribution in [2.75, 3.05) is 13.1 Å². The lowest BCUT2D eigenvalue weighted by Gasteiger charge is -2.41. The molecule has 2 fully saturated rings. The van der Waals surface area contributed by atoms with E-state index >= 15 is 0 Å². The number of likely N-dealkylation sites (tertiary alicyclic amines) is 1. The average molecular weight is 420 g/mol. The Morgan fingerprint density at radius 2 is 1.65 bits per heavy atom. The molecule has 1 aliphatic carbocycles. The highest BCUT2D eigenvalue weighted by Gasteiger charge is 2.46. The zero-order valence-electron chi connectivity index (χ0n) is 18.8. The van der Waals surface area contributed by atoms with Crippen LogP contribution in [0.3, 0.4) is 0 Å². The van der Waals surface area contributed by atoms with Gasteiger partial charge in [-0.2, -0.15) is 0 Å². The summed E-state index contributed by atoms with van der Waals surface area (Å²) in [5, 5.41) is 3.15. The lowest BCUT2D eigenvalue weighted by molar-refractivity contribution is -0.141. The molecule has 1 aromatic carbocycles. The van der Waals surface area contributed by atoms with Crippen molar-refractivity contribution in [2.45, 2.75) is 52.5 Å². The van der Waals surface area contributed by atoms with E-state index in [1.54, 1.807) is 12.4 Å². The standard InChI is InChI=1S/C26H33N3O2/c1-18(2)28-25(31)26(10-14-29(15-11-26)24(30)23-16-19(23)3)17-20-4-6-21(7-5-20)22-8-12-27-13-9-22/h4-9,12-13,18-19,23H,10-11,14-17H2,1-3H3,(H,28,31)/t19-,23-/m1/s1. The molecule has 2 heterocycles. The molecule has 1 aromatic heterocycles. The first-order valence-electron chi connectivity index (χ1n) is 11.5. The lowest BCUT2D eigenvalue weighted by Crippen LogP contribution is -2.52. The Kier molecular flexibility index (Phi) is 6.12. The van der Waals surface area contributed by atoms with Crippen molar-refractivity contribution in [3.8, 4) is 11.1 Å². The fraction of sp³-hybridized carbons (Fsp3) is 0.500. The molecule has 1 aliphatic heterocycles. The molecule has 2 atom stereocenters. The Hall–Kier alpha value is -2.69. The van der Waals surface area contributed by atoms with Crippen LogP contribution < -0.4 is 5.32 Å². The summed E-state index contributed by atoms with van der Waals surface area (Å²) in [4.78, 5) is 32.0. The van der Waals surface area contributed by atoms with E-state index in [9.17, 15) is 9.59 Å². The Morgan fingerprint density at radius 1 is 1.06 bits per heavy atom. The summed E-state index contributed by atoms with van der Waals surface area (Å²) in [6, 6.07) is 12.6. The second-order valence-electron chi connectivity index (χ2n) is 9.66. The summed E-state index contributed by atoms with van der Waals surface area (Å²) in [6.45, 7) is 7.48. The number of amides is 2. The monoisotopic (exact) mass is 419 g/mol. The van der Waals surface area contributed by atoms with Gasteiger partial charge in [0.05, 0.1) is 5.41 Å². The van der Waals surface area contributed by atoms with Crippen molar-refractivity contribution < 1.29 is 9.59 Å². The highest BCUT2D eigenvalue weighted by Crippen LogP contribution is 2.42. The van der Waals surface area contributed by atoms with Gasteiger partial charge in [-0.3, -0.25) is 14.6 Å². The minimum absolute atomic E-state index is 0.102. The summed E-state index contributed by atoms with van der Waals surface area (Å²) in [7, 11) is 0. The van der Waals surface area contributed by atoms with E-state index < -0.39 is 5.41 Å². The van der Waals surface area contributed by atoms with Gasteiger partial charge in [0, 0.05) is 37.4 Å². The highest BCUT2D eigenvalue weighted by atomic mass is 16.2. The number of carbonyl (C=O) groups excluding carboxylic acids is 2. The van der Waals surface area contributed by atoms with E-state index in [0.717, 1.165) is 23.1 Å². The fourth-order valence-electron chi connectivity index (χ4n) is 4.71. The van der Waals surface area contributed by atoms with Gasteiger partial charge in [-0.15, -0.1) is 0 Å². The van der Waals surface area contributed by atoms with Crippen LogP contribution in [0.25, 0.3) is 11.1 Å². The first-order valence-corrected chi connectivity index (χ1v) is 11.5. The first kappa shape index (κ1) is 21.5. The molecule has 4 rings (SSSR count). The van der Waals surface area contributed by atoms with Crippen LogP contribution in [0.2, 0.25) is 0 Å². The molecule has 5 nitrogen and oxygen atoms in total. The number of piperidine rings is 1. The number of aromatic nitrogens is 1. The highest BCUT2D eigenvalue weighted by molar-refractivity contribution is 5.85. The minimum Gasteiger partial charge on any atom is -0.353 e. The lowest BCUT2D eigenvalue weighted by atomic mass is 9.72. The van der Waals surface area contributed by atoms with Crippen molar-refractivity contribution >= 4 is 11.8 Å². The van der Waals surface area contributed by atoms with Gasteiger partial charge in [-0.1, -0.05) is 31.2 Å². The molecule has 1 N–H and O–H groups in total. The average Bonchev–Trinajstić information content (AvgIpc) is 3.51. The summed E-state index contributed by atoms with van der Waals surface area (Å²) in [5.74, 6) is 1.12. The SMILES string of the molecule is CC(C)NC(=O)C1(Cc2ccc(-c3ccncc3)cc2)CCN(C(=O)[C@@H]2C[C@H]2C)CC1. The largest absolute Gasteiger partial charge is 0.353 e. The molecular formula is C26H33N3O2. The van der Waals surface area contributed by atoms with Gasteiger partial charge in [0.25, 0.3) is 0 Å². The van der Waals surface area contributed by atoms with Gasteiger partial charge in [0.15, 0.2) is 0 Å². The van der Waals surface area contributed by atoms with Gasteiger partial charge in [-0.25, -0.2) is 0 Å². The molecule has 164 valence electrons. The maximum atomic E-state index is 13.3. The van der Waals surface area contributed by atoms with E-state index in [2.05, 4.69) is 41.5 Å². The van der Waals surface area contributed by atoms with Crippen LogP contribution in [0.1, 0.15) is 45.6 Å². The zero-order valence-corrected chi connectivity index (χ0v) is 18.8.